The van der Waals surface area contributed by atoms with Crippen LogP contribution in [0.25, 0.3) is 17.0 Å². The Hall–Kier alpha value is -3.03. The summed E-state index contributed by atoms with van der Waals surface area (Å²) in [7, 11) is 0. The maximum Gasteiger partial charge on any atom is 0.266 e. The van der Waals surface area contributed by atoms with E-state index >= 15 is 0 Å². The highest BCUT2D eigenvalue weighted by Crippen LogP contribution is 2.36. The molecule has 5 nitrogen and oxygen atoms in total. The van der Waals surface area contributed by atoms with Gasteiger partial charge < -0.3 is 9.30 Å². The first kappa shape index (κ1) is 25.6. The van der Waals surface area contributed by atoms with Gasteiger partial charge in [0.05, 0.1) is 23.7 Å². The lowest BCUT2D eigenvalue weighted by molar-refractivity contribution is -0.122. The number of aromatic nitrogens is 1. The van der Waals surface area contributed by atoms with Gasteiger partial charge >= 0.3 is 0 Å². The molecule has 1 fully saturated rings. The molecule has 1 aliphatic rings. The number of para-hydroxylation sites is 2. The minimum Gasteiger partial charge on any atom is -0.380 e. The number of thioether (sulfide) groups is 1. The minimum atomic E-state index is -0.0723. The van der Waals surface area contributed by atoms with E-state index in [-0.39, 0.29) is 5.91 Å². The van der Waals surface area contributed by atoms with Gasteiger partial charge in [-0.3, -0.25) is 9.69 Å². The predicted molar refractivity (Wildman–Crippen MR) is 155 cm³/mol. The number of rotatable bonds is 8. The summed E-state index contributed by atoms with van der Waals surface area (Å²) in [5.74, 6) is -0.0723. The molecule has 8 heteroatoms. The molecule has 1 amide bonds. The molecule has 0 N–H and O–H groups in total. The van der Waals surface area contributed by atoms with Crippen LogP contribution in [0.1, 0.15) is 18.1 Å². The second-order valence-corrected chi connectivity index (χ2v) is 10.3. The number of amides is 1. The van der Waals surface area contributed by atoms with Gasteiger partial charge in [-0.25, -0.2) is 4.99 Å². The molecular weight excluding hydrogens is 525 g/mol. The number of hydrogen-bond acceptors (Lipinski definition) is 4. The van der Waals surface area contributed by atoms with Crippen molar-refractivity contribution in [3.63, 3.8) is 0 Å². The van der Waals surface area contributed by atoms with E-state index in [0.29, 0.717) is 46.4 Å². The van der Waals surface area contributed by atoms with Gasteiger partial charge in [-0.15, -0.1) is 0 Å². The molecule has 0 bridgehead atoms. The first-order chi connectivity index (χ1) is 18.0. The number of carbonyl (C=O) groups excluding carboxylic acids is 1. The number of aliphatic imine (C=N–C) groups is 1. The summed E-state index contributed by atoms with van der Waals surface area (Å²) in [6.45, 7) is 4.02. The molecule has 5 rings (SSSR count). The fraction of sp³-hybridized carbons (Fsp3) is 0.172. The lowest BCUT2D eigenvalue weighted by atomic mass is 10.1. The number of ether oxygens (including phenoxy) is 1. The molecule has 2 heterocycles. The van der Waals surface area contributed by atoms with Crippen molar-refractivity contribution in [3.05, 3.63) is 105 Å². The molecule has 4 aromatic rings. The Balaban J connectivity index is 1.51. The van der Waals surface area contributed by atoms with Crippen LogP contribution in [0.2, 0.25) is 10.0 Å². The lowest BCUT2D eigenvalue weighted by Gasteiger charge is -2.15. The number of benzene rings is 3. The zero-order valence-corrected chi connectivity index (χ0v) is 22.6. The summed E-state index contributed by atoms with van der Waals surface area (Å²) < 4.78 is 7.68. The van der Waals surface area contributed by atoms with Crippen LogP contribution in [0.5, 0.6) is 0 Å². The Bertz CT molecular complexity index is 1500. The molecule has 3 aromatic carbocycles. The summed E-state index contributed by atoms with van der Waals surface area (Å²) >= 11 is 13.9. The Morgan fingerprint density at radius 1 is 1.03 bits per heavy atom. The Labute approximate surface area is 230 Å². The summed E-state index contributed by atoms with van der Waals surface area (Å²) in [6, 6.07) is 23.4. The molecular formula is C29H25Cl2N3O2S. The smallest absolute Gasteiger partial charge is 0.266 e. The average molecular weight is 551 g/mol. The second-order valence-electron chi connectivity index (χ2n) is 8.46. The van der Waals surface area contributed by atoms with Gasteiger partial charge in [0.2, 0.25) is 0 Å². The number of carbonyl (C=O) groups is 1. The standard InChI is InChI=1S/C29H25Cl2N3O2S/c1-2-36-15-14-34-28(35)27(37-29(34)32-23-8-4-3-5-9-23)16-21-19-33(26-11-7-6-10-24(21)26)18-20-12-13-22(30)17-25(20)31/h3-13,16-17,19H,2,14-15,18H2,1H3/b27-16-,32-29?. The molecule has 1 aromatic heterocycles. The zero-order valence-electron chi connectivity index (χ0n) is 20.2. The quantitative estimate of drug-likeness (QED) is 0.167. The Kier molecular flexibility index (Phi) is 8.01. The second kappa shape index (κ2) is 11.6. The lowest BCUT2D eigenvalue weighted by Crippen LogP contribution is -2.32. The molecule has 0 spiro atoms. The van der Waals surface area contributed by atoms with E-state index in [0.717, 1.165) is 27.7 Å². The average Bonchev–Trinajstić information content (AvgIpc) is 3.39. The van der Waals surface area contributed by atoms with Crippen LogP contribution >= 0.6 is 35.0 Å². The van der Waals surface area contributed by atoms with Crippen LogP contribution < -0.4 is 0 Å². The molecule has 0 radical (unpaired) electrons. The highest BCUT2D eigenvalue weighted by atomic mass is 35.5. The van der Waals surface area contributed by atoms with Crippen molar-refractivity contribution in [3.8, 4) is 0 Å². The predicted octanol–water partition coefficient (Wildman–Crippen LogP) is 7.64. The zero-order chi connectivity index (χ0) is 25.8. The number of halogens is 2. The van der Waals surface area contributed by atoms with E-state index in [2.05, 4.69) is 22.9 Å². The molecule has 1 saturated heterocycles. The van der Waals surface area contributed by atoms with Crippen LogP contribution in [0, 0.1) is 0 Å². The van der Waals surface area contributed by atoms with Crippen LogP contribution in [-0.4, -0.2) is 40.3 Å². The van der Waals surface area contributed by atoms with Gasteiger partial charge in [0.25, 0.3) is 5.91 Å². The van der Waals surface area contributed by atoms with E-state index in [1.807, 2.05) is 67.6 Å². The van der Waals surface area contributed by atoms with Gasteiger partial charge in [-0.05, 0) is 60.7 Å². The van der Waals surface area contributed by atoms with Crippen molar-refractivity contribution in [2.24, 2.45) is 4.99 Å². The fourth-order valence-electron chi connectivity index (χ4n) is 4.20. The third-order valence-electron chi connectivity index (χ3n) is 5.99. The number of hydrogen-bond donors (Lipinski definition) is 0. The van der Waals surface area contributed by atoms with Gasteiger partial charge in [-0.2, -0.15) is 0 Å². The molecule has 1 aliphatic heterocycles. The Morgan fingerprint density at radius 3 is 2.59 bits per heavy atom. The molecule has 0 atom stereocenters. The van der Waals surface area contributed by atoms with E-state index in [1.54, 1.807) is 11.0 Å². The highest BCUT2D eigenvalue weighted by molar-refractivity contribution is 8.18. The van der Waals surface area contributed by atoms with Gasteiger partial charge in [-0.1, -0.05) is 65.7 Å². The maximum absolute atomic E-state index is 13.5. The van der Waals surface area contributed by atoms with E-state index in [4.69, 9.17) is 32.9 Å². The monoisotopic (exact) mass is 549 g/mol. The van der Waals surface area contributed by atoms with Crippen molar-refractivity contribution >= 4 is 68.7 Å². The minimum absolute atomic E-state index is 0.0723. The fourth-order valence-corrected chi connectivity index (χ4v) is 5.68. The van der Waals surface area contributed by atoms with Crippen molar-refractivity contribution < 1.29 is 9.53 Å². The van der Waals surface area contributed by atoms with E-state index in [1.165, 1.54) is 11.8 Å². The van der Waals surface area contributed by atoms with Crippen molar-refractivity contribution in [2.75, 3.05) is 19.8 Å². The third-order valence-corrected chi connectivity index (χ3v) is 7.59. The topological polar surface area (TPSA) is 46.8 Å². The van der Waals surface area contributed by atoms with Crippen LogP contribution in [0.15, 0.2) is 88.9 Å². The van der Waals surface area contributed by atoms with Crippen molar-refractivity contribution in [1.82, 2.24) is 9.47 Å². The van der Waals surface area contributed by atoms with E-state index < -0.39 is 0 Å². The molecule has 0 saturated carbocycles. The highest BCUT2D eigenvalue weighted by Gasteiger charge is 2.33. The first-order valence-corrected chi connectivity index (χ1v) is 13.6. The summed E-state index contributed by atoms with van der Waals surface area (Å²) in [4.78, 5) is 20.6. The summed E-state index contributed by atoms with van der Waals surface area (Å²) in [6.07, 6.45) is 4.02. The van der Waals surface area contributed by atoms with Crippen molar-refractivity contribution in [2.45, 2.75) is 13.5 Å². The SMILES string of the molecule is CCOCCN1C(=O)/C(=C/c2cn(Cc3ccc(Cl)cc3Cl)c3ccccc23)SC1=Nc1ccccc1. The molecule has 0 unspecified atom stereocenters. The largest absolute Gasteiger partial charge is 0.380 e. The molecule has 188 valence electrons. The van der Waals surface area contributed by atoms with Crippen molar-refractivity contribution in [1.29, 1.82) is 0 Å². The number of nitrogens with zero attached hydrogens (tertiary/aromatic N) is 3. The van der Waals surface area contributed by atoms with Crippen LogP contribution in [-0.2, 0) is 16.1 Å². The van der Waals surface area contributed by atoms with Gasteiger partial charge in [0, 0.05) is 45.9 Å². The first-order valence-electron chi connectivity index (χ1n) is 12.0. The van der Waals surface area contributed by atoms with Gasteiger partial charge in [0.1, 0.15) is 0 Å². The Morgan fingerprint density at radius 2 is 1.81 bits per heavy atom. The van der Waals surface area contributed by atoms with Crippen LogP contribution in [0.4, 0.5) is 5.69 Å². The van der Waals surface area contributed by atoms with Crippen LogP contribution in [0.3, 0.4) is 0 Å². The van der Waals surface area contributed by atoms with E-state index in [9.17, 15) is 4.79 Å². The molecule has 37 heavy (non-hydrogen) atoms. The number of fused-ring (bicyclic) bond motifs is 1. The van der Waals surface area contributed by atoms with Gasteiger partial charge in [0.15, 0.2) is 5.17 Å². The summed E-state index contributed by atoms with van der Waals surface area (Å²) in [5.41, 5.74) is 3.79. The molecule has 0 aliphatic carbocycles. The third kappa shape index (κ3) is 5.78. The summed E-state index contributed by atoms with van der Waals surface area (Å²) in [5, 5.41) is 2.94. The normalized spacial score (nSPS) is 16.0. The number of amidine groups is 1. The maximum atomic E-state index is 13.5.